The number of anilines is 1. The minimum atomic E-state index is -2.90. The van der Waals surface area contributed by atoms with Crippen LogP contribution >= 0.6 is 11.3 Å². The second kappa shape index (κ2) is 9.09. The lowest BCUT2D eigenvalue weighted by Gasteiger charge is -2.11. The standard InChI is InChI=1S/C21H19F4N7O2S/c1-8-4-13(19(24)25)32(30-8)7-14(33)29-16-15-10(11-6-27-31(3)9(11)2)5-12(18(22)23)28-21(15)35-17(16)20(26)34/h4-6,18-19H,7H2,1-3H3,(H2,26,34)(H,29,33). The summed E-state index contributed by atoms with van der Waals surface area (Å²) in [5, 5.41) is 10.8. The maximum Gasteiger partial charge on any atom is 0.280 e. The van der Waals surface area contributed by atoms with Gasteiger partial charge in [-0.25, -0.2) is 22.5 Å². The number of nitrogens with one attached hydrogen (secondary N) is 1. The van der Waals surface area contributed by atoms with Gasteiger partial charge in [-0.15, -0.1) is 11.3 Å². The number of halogens is 4. The zero-order valence-corrected chi connectivity index (χ0v) is 19.5. The molecule has 0 radical (unpaired) electrons. The predicted octanol–water partition coefficient (Wildman–Crippen LogP) is 4.12. The molecule has 0 bridgehead atoms. The molecule has 4 rings (SSSR count). The van der Waals surface area contributed by atoms with E-state index in [1.54, 1.807) is 14.0 Å². The van der Waals surface area contributed by atoms with Crippen molar-refractivity contribution >= 4 is 39.1 Å². The number of hydrogen-bond donors (Lipinski definition) is 2. The summed E-state index contributed by atoms with van der Waals surface area (Å²) in [5.74, 6) is -1.69. The van der Waals surface area contributed by atoms with Gasteiger partial charge in [-0.05, 0) is 31.5 Å². The number of nitrogens with zero attached hydrogens (tertiary/aromatic N) is 5. The van der Waals surface area contributed by atoms with Crippen LogP contribution in [-0.4, -0.2) is 36.4 Å². The summed E-state index contributed by atoms with van der Waals surface area (Å²) in [5.41, 5.74) is 6.16. The molecule has 0 aliphatic heterocycles. The summed E-state index contributed by atoms with van der Waals surface area (Å²) in [4.78, 5) is 28.9. The Bertz CT molecular complexity index is 1460. The maximum absolute atomic E-state index is 13.6. The van der Waals surface area contributed by atoms with Gasteiger partial charge in [-0.3, -0.25) is 19.0 Å². The van der Waals surface area contributed by atoms with Crippen LogP contribution in [0.15, 0.2) is 18.3 Å². The lowest BCUT2D eigenvalue weighted by atomic mass is 10.0. The molecule has 0 aliphatic carbocycles. The van der Waals surface area contributed by atoms with Gasteiger partial charge in [0, 0.05) is 23.7 Å². The molecule has 14 heteroatoms. The molecule has 0 saturated carbocycles. The van der Waals surface area contributed by atoms with Crippen LogP contribution in [0.3, 0.4) is 0 Å². The molecule has 0 aromatic carbocycles. The van der Waals surface area contributed by atoms with E-state index in [9.17, 15) is 27.2 Å². The van der Waals surface area contributed by atoms with Crippen LogP contribution in [0.1, 0.15) is 45.3 Å². The Morgan fingerprint density at radius 1 is 1.14 bits per heavy atom. The number of amides is 2. The number of nitrogens with two attached hydrogens (primary N) is 1. The van der Waals surface area contributed by atoms with Crippen molar-refractivity contribution < 1.29 is 27.2 Å². The van der Waals surface area contributed by atoms with Gasteiger partial charge in [-0.2, -0.15) is 10.2 Å². The van der Waals surface area contributed by atoms with Gasteiger partial charge >= 0.3 is 0 Å². The Balaban J connectivity index is 1.87. The van der Waals surface area contributed by atoms with Crippen molar-refractivity contribution in [3.05, 3.63) is 46.0 Å². The number of carbonyl (C=O) groups is 2. The van der Waals surface area contributed by atoms with Gasteiger partial charge in [0.2, 0.25) is 5.91 Å². The van der Waals surface area contributed by atoms with E-state index in [0.29, 0.717) is 17.0 Å². The third kappa shape index (κ3) is 4.48. The number of rotatable bonds is 7. The monoisotopic (exact) mass is 509 g/mol. The zero-order chi connectivity index (χ0) is 25.6. The molecule has 3 N–H and O–H groups in total. The fraction of sp³-hybridized carbons (Fsp3) is 0.286. The smallest absolute Gasteiger partial charge is 0.280 e. The number of primary amides is 1. The molecule has 0 aliphatic rings. The molecule has 4 aromatic rings. The zero-order valence-electron chi connectivity index (χ0n) is 18.6. The van der Waals surface area contributed by atoms with Crippen molar-refractivity contribution in [3.8, 4) is 11.1 Å². The largest absolute Gasteiger partial charge is 0.365 e. The summed E-state index contributed by atoms with van der Waals surface area (Å²) in [6, 6.07) is 2.32. The van der Waals surface area contributed by atoms with E-state index in [1.165, 1.54) is 17.8 Å². The van der Waals surface area contributed by atoms with Crippen molar-refractivity contribution in [2.24, 2.45) is 12.8 Å². The Morgan fingerprint density at radius 2 is 1.86 bits per heavy atom. The van der Waals surface area contributed by atoms with E-state index < -0.39 is 42.6 Å². The number of fused-ring (bicyclic) bond motifs is 1. The van der Waals surface area contributed by atoms with Gasteiger partial charge in [0.1, 0.15) is 27.6 Å². The highest BCUT2D eigenvalue weighted by Crippen LogP contribution is 2.43. The highest BCUT2D eigenvalue weighted by atomic mass is 32.1. The van der Waals surface area contributed by atoms with Crippen molar-refractivity contribution in [2.75, 3.05) is 5.32 Å². The summed E-state index contributed by atoms with van der Waals surface area (Å²) in [7, 11) is 1.67. The Hall–Kier alpha value is -3.81. The molecule has 0 fully saturated rings. The Labute approximate surface area is 199 Å². The van der Waals surface area contributed by atoms with E-state index in [-0.39, 0.29) is 26.3 Å². The van der Waals surface area contributed by atoms with Crippen LogP contribution in [0.25, 0.3) is 21.3 Å². The quantitative estimate of drug-likeness (QED) is 0.363. The summed E-state index contributed by atoms with van der Waals surface area (Å²) in [6.07, 6.45) is -4.29. The van der Waals surface area contributed by atoms with E-state index in [0.717, 1.165) is 28.2 Å². The molecule has 9 nitrogen and oxygen atoms in total. The molecule has 0 atom stereocenters. The molecular formula is C21H19F4N7O2S. The van der Waals surface area contributed by atoms with Crippen molar-refractivity contribution in [1.29, 1.82) is 0 Å². The van der Waals surface area contributed by atoms with E-state index in [2.05, 4.69) is 20.5 Å². The van der Waals surface area contributed by atoms with Crippen molar-refractivity contribution in [2.45, 2.75) is 33.2 Å². The third-order valence-electron chi connectivity index (χ3n) is 5.37. The van der Waals surface area contributed by atoms with Crippen LogP contribution in [0.4, 0.5) is 23.2 Å². The van der Waals surface area contributed by atoms with Crippen LogP contribution < -0.4 is 11.1 Å². The summed E-state index contributed by atoms with van der Waals surface area (Å²) in [6.45, 7) is 2.65. The molecule has 184 valence electrons. The molecule has 0 spiro atoms. The number of hydrogen-bond acceptors (Lipinski definition) is 6. The van der Waals surface area contributed by atoms with Gasteiger partial charge in [-0.1, -0.05) is 0 Å². The van der Waals surface area contributed by atoms with Gasteiger partial charge in [0.25, 0.3) is 18.8 Å². The highest BCUT2D eigenvalue weighted by Gasteiger charge is 2.26. The number of alkyl halides is 4. The number of pyridine rings is 1. The average Bonchev–Trinajstić information content (AvgIpc) is 3.43. The van der Waals surface area contributed by atoms with Crippen LogP contribution in [0.5, 0.6) is 0 Å². The van der Waals surface area contributed by atoms with Crippen LogP contribution in [0, 0.1) is 13.8 Å². The fourth-order valence-corrected chi connectivity index (χ4v) is 4.69. The minimum absolute atomic E-state index is 0.0449. The fourth-order valence-electron chi connectivity index (χ4n) is 3.68. The first-order valence-corrected chi connectivity index (χ1v) is 11.0. The molecule has 0 saturated heterocycles. The average molecular weight is 509 g/mol. The number of aromatic nitrogens is 5. The second-order valence-corrected chi connectivity index (χ2v) is 8.73. The van der Waals surface area contributed by atoms with Crippen molar-refractivity contribution in [1.82, 2.24) is 24.5 Å². The molecule has 2 amide bonds. The van der Waals surface area contributed by atoms with Crippen molar-refractivity contribution in [3.63, 3.8) is 0 Å². The second-order valence-electron chi connectivity index (χ2n) is 7.73. The molecule has 4 aromatic heterocycles. The first-order valence-electron chi connectivity index (χ1n) is 10.1. The number of aryl methyl sites for hydroxylation is 2. The van der Waals surface area contributed by atoms with E-state index >= 15 is 0 Å². The Morgan fingerprint density at radius 3 is 2.43 bits per heavy atom. The van der Waals surface area contributed by atoms with Crippen LogP contribution in [-0.2, 0) is 18.4 Å². The van der Waals surface area contributed by atoms with Gasteiger partial charge < -0.3 is 11.1 Å². The first kappa shape index (κ1) is 24.3. The molecule has 0 unspecified atom stereocenters. The Kier molecular flexibility index (Phi) is 6.32. The minimum Gasteiger partial charge on any atom is -0.365 e. The molecule has 35 heavy (non-hydrogen) atoms. The van der Waals surface area contributed by atoms with Gasteiger partial charge in [0.15, 0.2) is 0 Å². The normalized spacial score (nSPS) is 11.7. The lowest BCUT2D eigenvalue weighted by molar-refractivity contribution is -0.117. The SMILES string of the molecule is Cc1cc(C(F)F)n(CC(=O)Nc2c(C(N)=O)sc3nc(C(F)F)cc(-c4cnn(C)c4C)c23)n1. The first-order chi connectivity index (χ1) is 16.5. The van der Waals surface area contributed by atoms with E-state index in [4.69, 9.17) is 5.73 Å². The number of thiophene rings is 1. The van der Waals surface area contributed by atoms with Crippen LogP contribution in [0.2, 0.25) is 0 Å². The molecular weight excluding hydrogens is 490 g/mol. The summed E-state index contributed by atoms with van der Waals surface area (Å²) >= 11 is 0.742. The van der Waals surface area contributed by atoms with Gasteiger partial charge in [0.05, 0.1) is 17.6 Å². The maximum atomic E-state index is 13.6. The highest BCUT2D eigenvalue weighted by molar-refractivity contribution is 7.21. The van der Waals surface area contributed by atoms with E-state index in [1.807, 2.05) is 0 Å². The predicted molar refractivity (Wildman–Crippen MR) is 121 cm³/mol. The summed E-state index contributed by atoms with van der Waals surface area (Å²) < 4.78 is 56.2. The number of carbonyl (C=O) groups excluding carboxylic acids is 2. The third-order valence-corrected chi connectivity index (χ3v) is 6.47. The molecule has 4 heterocycles. The lowest BCUT2D eigenvalue weighted by Crippen LogP contribution is -2.22. The topological polar surface area (TPSA) is 121 Å².